The first-order valence-corrected chi connectivity index (χ1v) is 4.80. The molecule has 0 bridgehead atoms. The van der Waals surface area contributed by atoms with Crippen LogP contribution in [0.3, 0.4) is 0 Å². The predicted octanol–water partition coefficient (Wildman–Crippen LogP) is 1.27. The molecule has 1 aromatic carbocycles. The Balaban J connectivity index is 2.46. The molecule has 1 aromatic rings. The van der Waals surface area contributed by atoms with Crippen LogP contribution in [0.25, 0.3) is 0 Å². The molecule has 1 atom stereocenters. The first-order valence-electron chi connectivity index (χ1n) is 4.80. The third-order valence-corrected chi connectivity index (χ3v) is 2.10. The molecule has 0 aliphatic rings. The molecular formula is C11H12F2N2O. The van der Waals surface area contributed by atoms with Crippen LogP contribution < -0.4 is 5.32 Å². The zero-order chi connectivity index (χ0) is 12.0. The number of benzene rings is 1. The number of halogens is 2. The van der Waals surface area contributed by atoms with Crippen molar-refractivity contribution in [1.82, 2.24) is 5.32 Å². The molecule has 0 saturated heterocycles. The highest BCUT2D eigenvalue weighted by atomic mass is 19.3. The molecular weight excluding hydrogens is 214 g/mol. The molecule has 0 heterocycles. The van der Waals surface area contributed by atoms with Gasteiger partial charge in [0.15, 0.2) is 0 Å². The normalized spacial score (nSPS) is 12.4. The minimum atomic E-state index is -2.75. The summed E-state index contributed by atoms with van der Waals surface area (Å²) in [5, 5.41) is 20.3. The van der Waals surface area contributed by atoms with Crippen molar-refractivity contribution in [3.05, 3.63) is 35.4 Å². The number of aliphatic hydroxyl groups is 1. The maximum absolute atomic E-state index is 12.0. The van der Waals surface area contributed by atoms with E-state index in [1.54, 1.807) is 24.3 Å². The molecule has 0 aliphatic heterocycles. The number of hydrogen-bond donors (Lipinski definition) is 2. The molecule has 1 rings (SSSR count). The van der Waals surface area contributed by atoms with Gasteiger partial charge >= 0.3 is 0 Å². The average Bonchev–Trinajstić information content (AvgIpc) is 2.29. The van der Waals surface area contributed by atoms with Gasteiger partial charge in [-0.3, -0.25) is 0 Å². The quantitative estimate of drug-likeness (QED) is 0.795. The van der Waals surface area contributed by atoms with Crippen molar-refractivity contribution in [2.75, 3.05) is 6.54 Å². The largest absolute Gasteiger partial charge is 0.386 e. The summed E-state index contributed by atoms with van der Waals surface area (Å²) >= 11 is 0. The molecule has 0 aliphatic carbocycles. The number of hydrogen-bond acceptors (Lipinski definition) is 3. The molecule has 5 heteroatoms. The van der Waals surface area contributed by atoms with Crippen molar-refractivity contribution in [2.45, 2.75) is 19.1 Å². The summed E-state index contributed by atoms with van der Waals surface area (Å²) in [7, 11) is 0. The maximum atomic E-state index is 12.0. The van der Waals surface area contributed by atoms with E-state index in [2.05, 4.69) is 5.32 Å². The molecule has 86 valence electrons. The Bertz CT molecular complexity index is 376. The van der Waals surface area contributed by atoms with Crippen molar-refractivity contribution in [2.24, 2.45) is 0 Å². The van der Waals surface area contributed by atoms with E-state index >= 15 is 0 Å². The molecule has 0 amide bonds. The van der Waals surface area contributed by atoms with E-state index in [1.807, 2.05) is 6.07 Å². The SMILES string of the molecule is N#Cc1ccccc1CNCC(O)C(F)F. The summed E-state index contributed by atoms with van der Waals surface area (Å²) in [5.41, 5.74) is 1.23. The third kappa shape index (κ3) is 3.57. The molecule has 1 unspecified atom stereocenters. The minimum Gasteiger partial charge on any atom is -0.386 e. The van der Waals surface area contributed by atoms with Crippen LogP contribution in [0.5, 0.6) is 0 Å². The first kappa shape index (κ1) is 12.6. The second-order valence-corrected chi connectivity index (χ2v) is 3.30. The fourth-order valence-corrected chi connectivity index (χ4v) is 1.23. The summed E-state index contributed by atoms with van der Waals surface area (Å²) < 4.78 is 23.9. The smallest absolute Gasteiger partial charge is 0.265 e. The zero-order valence-corrected chi connectivity index (χ0v) is 8.53. The molecule has 3 nitrogen and oxygen atoms in total. The van der Waals surface area contributed by atoms with E-state index < -0.39 is 12.5 Å². The summed E-state index contributed by atoms with van der Waals surface area (Å²) in [6.07, 6.45) is -4.42. The minimum absolute atomic E-state index is 0.197. The second-order valence-electron chi connectivity index (χ2n) is 3.30. The standard InChI is InChI=1S/C11H12F2N2O/c12-11(13)10(16)7-15-6-9-4-2-1-3-8(9)5-14/h1-4,10-11,15-16H,6-7H2. The highest BCUT2D eigenvalue weighted by Crippen LogP contribution is 2.07. The summed E-state index contributed by atoms with van der Waals surface area (Å²) in [5.74, 6) is 0. The summed E-state index contributed by atoms with van der Waals surface area (Å²) in [4.78, 5) is 0. The lowest BCUT2D eigenvalue weighted by Gasteiger charge is -2.11. The average molecular weight is 226 g/mol. The van der Waals surface area contributed by atoms with Gasteiger partial charge in [-0.25, -0.2) is 8.78 Å². The Hall–Kier alpha value is -1.51. The van der Waals surface area contributed by atoms with Crippen LogP contribution in [0.2, 0.25) is 0 Å². The van der Waals surface area contributed by atoms with Gasteiger partial charge < -0.3 is 10.4 Å². The number of aliphatic hydroxyl groups excluding tert-OH is 1. The van der Waals surface area contributed by atoms with Crippen LogP contribution >= 0.6 is 0 Å². The van der Waals surface area contributed by atoms with Gasteiger partial charge in [-0.05, 0) is 11.6 Å². The van der Waals surface area contributed by atoms with Gasteiger partial charge in [-0.1, -0.05) is 18.2 Å². The number of nitrogens with one attached hydrogen (secondary N) is 1. The van der Waals surface area contributed by atoms with E-state index in [0.29, 0.717) is 5.56 Å². The van der Waals surface area contributed by atoms with Crippen LogP contribution in [0.15, 0.2) is 24.3 Å². The van der Waals surface area contributed by atoms with Gasteiger partial charge in [0.05, 0.1) is 11.6 Å². The van der Waals surface area contributed by atoms with E-state index in [0.717, 1.165) is 5.56 Å². The predicted molar refractivity (Wildman–Crippen MR) is 54.9 cm³/mol. The molecule has 0 radical (unpaired) electrons. The Morgan fingerprint density at radius 1 is 1.38 bits per heavy atom. The van der Waals surface area contributed by atoms with Gasteiger partial charge in [0.2, 0.25) is 0 Å². The van der Waals surface area contributed by atoms with E-state index in [4.69, 9.17) is 10.4 Å². The fraction of sp³-hybridized carbons (Fsp3) is 0.364. The third-order valence-electron chi connectivity index (χ3n) is 2.10. The molecule has 0 fully saturated rings. The van der Waals surface area contributed by atoms with Crippen LogP contribution in [0.1, 0.15) is 11.1 Å². The van der Waals surface area contributed by atoms with Gasteiger partial charge in [0.25, 0.3) is 6.43 Å². The Kier molecular flexibility index (Phi) is 4.83. The Morgan fingerprint density at radius 2 is 2.06 bits per heavy atom. The monoisotopic (exact) mass is 226 g/mol. The number of rotatable bonds is 5. The highest BCUT2D eigenvalue weighted by molar-refractivity contribution is 5.37. The van der Waals surface area contributed by atoms with Crippen LogP contribution in [-0.4, -0.2) is 24.2 Å². The van der Waals surface area contributed by atoms with Crippen molar-refractivity contribution < 1.29 is 13.9 Å². The highest BCUT2D eigenvalue weighted by Gasteiger charge is 2.15. The van der Waals surface area contributed by atoms with Gasteiger partial charge in [0.1, 0.15) is 6.10 Å². The van der Waals surface area contributed by atoms with Crippen molar-refractivity contribution in [1.29, 1.82) is 5.26 Å². The van der Waals surface area contributed by atoms with Gasteiger partial charge in [-0.15, -0.1) is 0 Å². The van der Waals surface area contributed by atoms with Crippen molar-refractivity contribution in [3.63, 3.8) is 0 Å². The summed E-state index contributed by atoms with van der Waals surface area (Å²) in [6.45, 7) is 0.0882. The van der Waals surface area contributed by atoms with Gasteiger partial charge in [0, 0.05) is 13.1 Å². The van der Waals surface area contributed by atoms with Gasteiger partial charge in [-0.2, -0.15) is 5.26 Å². The molecule has 0 aromatic heterocycles. The van der Waals surface area contributed by atoms with Crippen LogP contribution in [-0.2, 0) is 6.54 Å². The number of alkyl halides is 2. The Labute approximate surface area is 92.3 Å². The van der Waals surface area contributed by atoms with Crippen molar-refractivity contribution >= 4 is 0 Å². The topological polar surface area (TPSA) is 56.0 Å². The first-order chi connectivity index (χ1) is 7.65. The lowest BCUT2D eigenvalue weighted by atomic mass is 10.1. The lowest BCUT2D eigenvalue weighted by molar-refractivity contribution is -0.00340. The molecule has 0 saturated carbocycles. The zero-order valence-electron chi connectivity index (χ0n) is 8.53. The molecule has 16 heavy (non-hydrogen) atoms. The van der Waals surface area contributed by atoms with E-state index in [1.165, 1.54) is 0 Å². The second kappa shape index (κ2) is 6.16. The molecule has 0 spiro atoms. The van der Waals surface area contributed by atoms with Crippen LogP contribution in [0, 0.1) is 11.3 Å². The number of nitriles is 1. The van der Waals surface area contributed by atoms with E-state index in [-0.39, 0.29) is 13.1 Å². The van der Waals surface area contributed by atoms with Crippen LogP contribution in [0.4, 0.5) is 8.78 Å². The Morgan fingerprint density at radius 3 is 2.69 bits per heavy atom. The number of nitrogens with zero attached hydrogens (tertiary/aromatic N) is 1. The van der Waals surface area contributed by atoms with Crippen molar-refractivity contribution in [3.8, 4) is 6.07 Å². The molecule has 2 N–H and O–H groups in total. The maximum Gasteiger partial charge on any atom is 0.265 e. The van der Waals surface area contributed by atoms with E-state index in [9.17, 15) is 8.78 Å². The lowest BCUT2D eigenvalue weighted by Crippen LogP contribution is -2.31. The summed E-state index contributed by atoms with van der Waals surface area (Å²) in [6, 6.07) is 8.89. The fourth-order valence-electron chi connectivity index (χ4n) is 1.23.